The Bertz CT molecular complexity index is 564. The first-order valence-corrected chi connectivity index (χ1v) is 6.56. The fourth-order valence-electron chi connectivity index (χ4n) is 1.35. The van der Waals surface area contributed by atoms with Crippen molar-refractivity contribution in [2.75, 3.05) is 0 Å². The molecule has 0 heterocycles. The third-order valence-electron chi connectivity index (χ3n) is 2.35. The summed E-state index contributed by atoms with van der Waals surface area (Å²) in [5, 5.41) is 5.06. The van der Waals surface area contributed by atoms with Crippen LogP contribution in [-0.2, 0) is 10.0 Å². The largest absolute Gasteiger partial charge is 0.489 e. The van der Waals surface area contributed by atoms with E-state index in [-0.39, 0.29) is 22.3 Å². The number of amides is 1. The molecule has 0 unspecified atom stereocenters. The Kier molecular flexibility index (Phi) is 2.80. The van der Waals surface area contributed by atoms with E-state index < -0.39 is 15.9 Å². The molecule has 1 aromatic rings. The quantitative estimate of drug-likeness (QED) is 0.787. The van der Waals surface area contributed by atoms with Crippen molar-refractivity contribution in [2.24, 2.45) is 10.9 Å². The van der Waals surface area contributed by atoms with Gasteiger partial charge in [0.05, 0.1) is 6.10 Å². The molecule has 2 rings (SSSR count). The van der Waals surface area contributed by atoms with Crippen molar-refractivity contribution in [3.05, 3.63) is 23.8 Å². The van der Waals surface area contributed by atoms with Crippen LogP contribution < -0.4 is 15.6 Å². The zero-order chi connectivity index (χ0) is 12.6. The minimum Gasteiger partial charge on any atom is -0.489 e. The Hall–Kier alpha value is -1.60. The number of rotatable bonds is 4. The van der Waals surface area contributed by atoms with Gasteiger partial charge in [-0.3, -0.25) is 4.79 Å². The second-order valence-electron chi connectivity index (χ2n) is 3.89. The molecule has 17 heavy (non-hydrogen) atoms. The standard InChI is InChI=1S/C10H12N2O4S/c11-10(13)6-1-4-8(16-7-2-3-7)9(5-6)17(12,14)15/h1,4-5,7H,2-3H2,(H2,11,13)(H2,12,14,15). The van der Waals surface area contributed by atoms with E-state index in [1.165, 1.54) is 12.1 Å². The van der Waals surface area contributed by atoms with Gasteiger partial charge in [0.25, 0.3) is 0 Å². The van der Waals surface area contributed by atoms with Crippen LogP contribution in [-0.4, -0.2) is 20.4 Å². The molecule has 1 saturated carbocycles. The van der Waals surface area contributed by atoms with Gasteiger partial charge in [0.15, 0.2) is 0 Å². The third kappa shape index (κ3) is 2.75. The number of benzene rings is 1. The van der Waals surface area contributed by atoms with Crippen LogP contribution >= 0.6 is 0 Å². The lowest BCUT2D eigenvalue weighted by Crippen LogP contribution is -2.17. The molecule has 4 N–H and O–H groups in total. The van der Waals surface area contributed by atoms with E-state index >= 15 is 0 Å². The second kappa shape index (κ2) is 4.01. The Balaban J connectivity index is 2.47. The summed E-state index contributed by atoms with van der Waals surface area (Å²) in [5.41, 5.74) is 5.15. The summed E-state index contributed by atoms with van der Waals surface area (Å²) in [6, 6.07) is 3.95. The predicted octanol–water partition coefficient (Wildman–Crippen LogP) is -0.0259. The number of hydrogen-bond donors (Lipinski definition) is 2. The van der Waals surface area contributed by atoms with E-state index in [4.69, 9.17) is 15.6 Å². The molecule has 1 aromatic carbocycles. The molecule has 1 fully saturated rings. The number of primary amides is 1. The van der Waals surface area contributed by atoms with Crippen LogP contribution in [0.3, 0.4) is 0 Å². The molecule has 0 aliphatic heterocycles. The molecule has 1 aliphatic carbocycles. The van der Waals surface area contributed by atoms with Crippen molar-refractivity contribution >= 4 is 15.9 Å². The number of sulfonamides is 1. The zero-order valence-corrected chi connectivity index (χ0v) is 9.74. The van der Waals surface area contributed by atoms with Crippen LogP contribution in [0.1, 0.15) is 23.2 Å². The van der Waals surface area contributed by atoms with Gasteiger partial charge in [0.1, 0.15) is 10.6 Å². The first-order valence-electron chi connectivity index (χ1n) is 5.01. The third-order valence-corrected chi connectivity index (χ3v) is 3.28. The molecule has 0 spiro atoms. The molecule has 7 heteroatoms. The maximum atomic E-state index is 11.4. The van der Waals surface area contributed by atoms with Crippen LogP contribution in [0, 0.1) is 0 Å². The van der Waals surface area contributed by atoms with Crippen LogP contribution in [0.5, 0.6) is 5.75 Å². The minimum absolute atomic E-state index is 0.0370. The topological polar surface area (TPSA) is 112 Å². The summed E-state index contributed by atoms with van der Waals surface area (Å²) in [6.45, 7) is 0. The molecular weight excluding hydrogens is 244 g/mol. The van der Waals surface area contributed by atoms with Crippen molar-refractivity contribution in [3.63, 3.8) is 0 Å². The van der Waals surface area contributed by atoms with Gasteiger partial charge in [-0.25, -0.2) is 13.6 Å². The van der Waals surface area contributed by atoms with E-state index in [1.54, 1.807) is 0 Å². The van der Waals surface area contributed by atoms with Crippen molar-refractivity contribution in [1.29, 1.82) is 0 Å². The Labute approximate surface area is 98.6 Å². The molecule has 1 aliphatic rings. The highest BCUT2D eigenvalue weighted by molar-refractivity contribution is 7.89. The normalized spacial score (nSPS) is 15.6. The molecule has 6 nitrogen and oxygen atoms in total. The van der Waals surface area contributed by atoms with Gasteiger partial charge in [-0.2, -0.15) is 0 Å². The fourth-order valence-corrected chi connectivity index (χ4v) is 2.03. The van der Waals surface area contributed by atoms with Crippen LogP contribution in [0.2, 0.25) is 0 Å². The smallest absolute Gasteiger partial charge is 0.248 e. The molecule has 0 aromatic heterocycles. The number of carbonyl (C=O) groups is 1. The zero-order valence-electron chi connectivity index (χ0n) is 8.92. The van der Waals surface area contributed by atoms with Crippen molar-refractivity contribution in [2.45, 2.75) is 23.8 Å². The molecule has 0 atom stereocenters. The first-order chi connectivity index (χ1) is 7.88. The summed E-state index contributed by atoms with van der Waals surface area (Å²) in [5.74, 6) is -0.548. The molecular formula is C10H12N2O4S. The van der Waals surface area contributed by atoms with Gasteiger partial charge in [0, 0.05) is 5.56 Å². The lowest BCUT2D eigenvalue weighted by atomic mass is 10.2. The fraction of sp³-hybridized carbons (Fsp3) is 0.300. The lowest BCUT2D eigenvalue weighted by Gasteiger charge is -2.10. The second-order valence-corrected chi connectivity index (χ2v) is 5.42. The molecule has 0 bridgehead atoms. The van der Waals surface area contributed by atoms with Gasteiger partial charge in [0.2, 0.25) is 15.9 Å². The Morgan fingerprint density at radius 3 is 2.47 bits per heavy atom. The molecule has 0 saturated heterocycles. The highest BCUT2D eigenvalue weighted by atomic mass is 32.2. The number of hydrogen-bond acceptors (Lipinski definition) is 4. The van der Waals surface area contributed by atoms with Crippen LogP contribution in [0.15, 0.2) is 23.1 Å². The van der Waals surface area contributed by atoms with Crippen LogP contribution in [0.4, 0.5) is 0 Å². The minimum atomic E-state index is -3.94. The number of carbonyl (C=O) groups excluding carboxylic acids is 1. The number of ether oxygens (including phenoxy) is 1. The van der Waals surface area contributed by atoms with Gasteiger partial charge < -0.3 is 10.5 Å². The van der Waals surface area contributed by atoms with E-state index in [2.05, 4.69) is 0 Å². The molecule has 92 valence electrons. The number of nitrogens with two attached hydrogens (primary N) is 2. The van der Waals surface area contributed by atoms with Crippen molar-refractivity contribution in [1.82, 2.24) is 0 Å². The summed E-state index contributed by atoms with van der Waals surface area (Å²) in [6.07, 6.45) is 1.82. The van der Waals surface area contributed by atoms with Crippen LogP contribution in [0.25, 0.3) is 0 Å². The lowest BCUT2D eigenvalue weighted by molar-refractivity contribution is 0.1000. The van der Waals surface area contributed by atoms with Crippen molar-refractivity contribution < 1.29 is 17.9 Å². The number of primary sulfonamides is 1. The van der Waals surface area contributed by atoms with E-state index in [0.717, 1.165) is 18.9 Å². The summed E-state index contributed by atoms with van der Waals surface area (Å²) in [4.78, 5) is 10.8. The average Bonchev–Trinajstić information content (AvgIpc) is 3.00. The predicted molar refractivity (Wildman–Crippen MR) is 60.0 cm³/mol. The van der Waals surface area contributed by atoms with E-state index in [9.17, 15) is 13.2 Å². The summed E-state index contributed by atoms with van der Waals surface area (Å²) in [7, 11) is -3.94. The summed E-state index contributed by atoms with van der Waals surface area (Å²) < 4.78 is 28.2. The maximum Gasteiger partial charge on any atom is 0.248 e. The van der Waals surface area contributed by atoms with Gasteiger partial charge >= 0.3 is 0 Å². The van der Waals surface area contributed by atoms with E-state index in [0.29, 0.717) is 0 Å². The van der Waals surface area contributed by atoms with Gasteiger partial charge in [-0.05, 0) is 31.0 Å². The van der Waals surface area contributed by atoms with Crippen molar-refractivity contribution in [3.8, 4) is 5.75 Å². The molecule has 0 radical (unpaired) electrons. The highest BCUT2D eigenvalue weighted by Crippen LogP contribution is 2.31. The monoisotopic (exact) mass is 256 g/mol. The first kappa shape index (κ1) is 11.9. The van der Waals surface area contributed by atoms with Gasteiger partial charge in [-0.15, -0.1) is 0 Å². The SMILES string of the molecule is NC(=O)c1ccc(OC2CC2)c(S(N)(=O)=O)c1. The summed E-state index contributed by atoms with van der Waals surface area (Å²) >= 11 is 0. The Morgan fingerprint density at radius 2 is 2.00 bits per heavy atom. The maximum absolute atomic E-state index is 11.4. The average molecular weight is 256 g/mol. The van der Waals surface area contributed by atoms with Gasteiger partial charge in [-0.1, -0.05) is 0 Å². The molecule has 1 amide bonds. The van der Waals surface area contributed by atoms with E-state index in [1.807, 2.05) is 0 Å². The highest BCUT2D eigenvalue weighted by Gasteiger charge is 2.27. The Morgan fingerprint density at radius 1 is 1.35 bits per heavy atom.